The van der Waals surface area contributed by atoms with Crippen molar-refractivity contribution in [2.45, 2.75) is 39.3 Å². The summed E-state index contributed by atoms with van der Waals surface area (Å²) in [6.45, 7) is 6.23. The lowest BCUT2D eigenvalue weighted by Gasteiger charge is -2.36. The van der Waals surface area contributed by atoms with Crippen molar-refractivity contribution in [3.8, 4) is 5.75 Å². The molecule has 3 aromatic rings. The van der Waals surface area contributed by atoms with E-state index < -0.39 is 22.9 Å². The normalized spacial score (nSPS) is 18.2. The summed E-state index contributed by atoms with van der Waals surface area (Å²) in [6, 6.07) is 16.6. The van der Waals surface area contributed by atoms with Gasteiger partial charge in [-0.25, -0.2) is 4.79 Å². The monoisotopic (exact) mass is 485 g/mol. The van der Waals surface area contributed by atoms with Crippen LogP contribution in [0.1, 0.15) is 34.9 Å². The van der Waals surface area contributed by atoms with Crippen LogP contribution in [0, 0.1) is 13.8 Å². The molecule has 2 aliphatic rings. The molecule has 0 bridgehead atoms. The SMILES string of the molecule is CCn1c(C)cc2c(c1=O)C1(C(=O)N(Cc3ccccc3C)c3ccccc31)C(C(=O)OC)=C(N)O2. The average Bonchev–Trinajstić information content (AvgIpc) is 3.08. The van der Waals surface area contributed by atoms with Crippen LogP contribution in [0.5, 0.6) is 5.75 Å². The van der Waals surface area contributed by atoms with Crippen LogP contribution in [0.25, 0.3) is 0 Å². The van der Waals surface area contributed by atoms with Crippen LogP contribution in [0.3, 0.4) is 0 Å². The summed E-state index contributed by atoms with van der Waals surface area (Å²) in [7, 11) is 1.21. The van der Waals surface area contributed by atoms with Gasteiger partial charge in [0.05, 0.1) is 19.2 Å². The van der Waals surface area contributed by atoms with Gasteiger partial charge in [-0.15, -0.1) is 0 Å². The minimum Gasteiger partial charge on any atom is -0.465 e. The summed E-state index contributed by atoms with van der Waals surface area (Å²) < 4.78 is 12.5. The third-order valence-corrected chi connectivity index (χ3v) is 7.15. The molecule has 0 aliphatic carbocycles. The van der Waals surface area contributed by atoms with Crippen molar-refractivity contribution in [2.75, 3.05) is 12.0 Å². The second-order valence-corrected chi connectivity index (χ2v) is 8.99. The molecule has 36 heavy (non-hydrogen) atoms. The first-order valence-electron chi connectivity index (χ1n) is 11.7. The molecule has 5 rings (SSSR count). The lowest BCUT2D eigenvalue weighted by Crippen LogP contribution is -2.52. The number of nitrogens with zero attached hydrogens (tertiary/aromatic N) is 2. The van der Waals surface area contributed by atoms with E-state index in [0.29, 0.717) is 23.5 Å². The van der Waals surface area contributed by atoms with Crippen molar-refractivity contribution < 1.29 is 19.1 Å². The van der Waals surface area contributed by atoms with E-state index >= 15 is 0 Å². The van der Waals surface area contributed by atoms with E-state index in [2.05, 4.69) is 0 Å². The molecule has 0 saturated heterocycles. The molecule has 0 saturated carbocycles. The quantitative estimate of drug-likeness (QED) is 0.570. The summed E-state index contributed by atoms with van der Waals surface area (Å²) in [6.07, 6.45) is 0. The number of fused-ring (bicyclic) bond motifs is 4. The Kier molecular flexibility index (Phi) is 5.47. The number of hydrogen-bond acceptors (Lipinski definition) is 6. The zero-order valence-electron chi connectivity index (χ0n) is 20.6. The van der Waals surface area contributed by atoms with E-state index in [4.69, 9.17) is 15.2 Å². The van der Waals surface area contributed by atoms with Gasteiger partial charge in [-0.1, -0.05) is 42.5 Å². The Morgan fingerprint density at radius 2 is 1.78 bits per heavy atom. The molecular formula is C28H27N3O5. The Morgan fingerprint density at radius 3 is 2.47 bits per heavy atom. The Labute approximate surface area is 208 Å². The Hall–Kier alpha value is -4.33. The van der Waals surface area contributed by atoms with Crippen LogP contribution >= 0.6 is 0 Å². The summed E-state index contributed by atoms with van der Waals surface area (Å²) in [5.41, 5.74) is 7.65. The largest absolute Gasteiger partial charge is 0.465 e. The molecule has 1 atom stereocenters. The number of anilines is 1. The predicted molar refractivity (Wildman–Crippen MR) is 135 cm³/mol. The predicted octanol–water partition coefficient (Wildman–Crippen LogP) is 3.05. The lowest BCUT2D eigenvalue weighted by molar-refractivity contribution is -0.138. The molecule has 3 heterocycles. The van der Waals surface area contributed by atoms with Gasteiger partial charge in [-0.3, -0.25) is 9.59 Å². The van der Waals surface area contributed by atoms with Gasteiger partial charge in [-0.05, 0) is 38.0 Å². The molecule has 184 valence electrons. The molecule has 0 fully saturated rings. The fraction of sp³-hybridized carbons (Fsp3) is 0.250. The van der Waals surface area contributed by atoms with E-state index in [-0.39, 0.29) is 29.3 Å². The van der Waals surface area contributed by atoms with Crippen LogP contribution in [0.2, 0.25) is 0 Å². The fourth-order valence-electron chi connectivity index (χ4n) is 5.45. The highest BCUT2D eigenvalue weighted by molar-refractivity contribution is 6.18. The van der Waals surface area contributed by atoms with E-state index in [1.54, 1.807) is 34.6 Å². The van der Waals surface area contributed by atoms with Crippen LogP contribution in [-0.4, -0.2) is 23.6 Å². The van der Waals surface area contributed by atoms with Gasteiger partial charge in [-0.2, -0.15) is 0 Å². The molecule has 2 aromatic carbocycles. The summed E-state index contributed by atoms with van der Waals surface area (Å²) >= 11 is 0. The number of aromatic nitrogens is 1. The summed E-state index contributed by atoms with van der Waals surface area (Å²) in [5, 5.41) is 0. The number of aryl methyl sites for hydroxylation is 2. The van der Waals surface area contributed by atoms with Crippen LogP contribution in [0.15, 0.2) is 70.8 Å². The van der Waals surface area contributed by atoms with Crippen LogP contribution in [-0.2, 0) is 32.8 Å². The minimum absolute atomic E-state index is 0.0642. The van der Waals surface area contributed by atoms with Crippen molar-refractivity contribution in [3.63, 3.8) is 0 Å². The third kappa shape index (κ3) is 3.03. The summed E-state index contributed by atoms with van der Waals surface area (Å²) in [5.74, 6) is -1.39. The standard InChI is InChI=1S/C28H27N3O5/c1-5-30-17(3)14-21-22(25(30)32)28(23(24(29)36-21)26(33)35-4)19-12-8-9-13-20(19)31(27(28)34)15-18-11-7-6-10-16(18)2/h6-14H,5,15,29H2,1-4H3. The lowest BCUT2D eigenvalue weighted by atomic mass is 9.68. The van der Waals surface area contributed by atoms with Gasteiger partial charge >= 0.3 is 5.97 Å². The maximum absolute atomic E-state index is 14.7. The molecule has 0 radical (unpaired) electrons. The van der Waals surface area contributed by atoms with Crippen LogP contribution < -0.4 is 20.9 Å². The number of para-hydroxylation sites is 1. The van der Waals surface area contributed by atoms with Crippen molar-refractivity contribution in [1.29, 1.82) is 0 Å². The molecule has 1 spiro atoms. The molecule has 8 nitrogen and oxygen atoms in total. The number of nitrogens with two attached hydrogens (primary N) is 1. The first kappa shape index (κ1) is 23.4. The number of pyridine rings is 1. The number of esters is 1. The van der Waals surface area contributed by atoms with Gasteiger partial charge in [0.15, 0.2) is 0 Å². The molecule has 1 amide bonds. The van der Waals surface area contributed by atoms with E-state index in [1.165, 1.54) is 7.11 Å². The van der Waals surface area contributed by atoms with Gasteiger partial charge in [0.2, 0.25) is 11.8 Å². The molecule has 2 N–H and O–H groups in total. The number of hydrogen-bond donors (Lipinski definition) is 1. The Balaban J connectivity index is 1.88. The zero-order chi connectivity index (χ0) is 25.8. The summed E-state index contributed by atoms with van der Waals surface area (Å²) in [4.78, 5) is 43.5. The van der Waals surface area contributed by atoms with Gasteiger partial charge < -0.3 is 24.7 Å². The van der Waals surface area contributed by atoms with Crippen molar-refractivity contribution in [3.05, 3.63) is 104 Å². The van der Waals surface area contributed by atoms with Crippen molar-refractivity contribution in [2.24, 2.45) is 5.73 Å². The molecular weight excluding hydrogens is 458 g/mol. The molecule has 1 unspecified atom stereocenters. The number of methoxy groups -OCH3 is 1. The van der Waals surface area contributed by atoms with Gasteiger partial charge in [0, 0.05) is 29.6 Å². The number of benzene rings is 2. The van der Waals surface area contributed by atoms with Gasteiger partial charge in [0.25, 0.3) is 5.56 Å². The second kappa shape index (κ2) is 8.41. The maximum atomic E-state index is 14.7. The van der Waals surface area contributed by atoms with Gasteiger partial charge in [0.1, 0.15) is 16.7 Å². The molecule has 1 aromatic heterocycles. The minimum atomic E-state index is -1.81. The number of amides is 1. The number of carbonyl (C=O) groups excluding carboxylic acids is 2. The maximum Gasteiger partial charge on any atom is 0.340 e. The highest BCUT2D eigenvalue weighted by atomic mass is 16.5. The highest BCUT2D eigenvalue weighted by Gasteiger charge is 2.62. The molecule has 2 aliphatic heterocycles. The van der Waals surface area contributed by atoms with E-state index in [1.807, 2.05) is 50.2 Å². The number of rotatable bonds is 4. The third-order valence-electron chi connectivity index (χ3n) is 7.15. The zero-order valence-corrected chi connectivity index (χ0v) is 20.6. The fourth-order valence-corrected chi connectivity index (χ4v) is 5.45. The topological polar surface area (TPSA) is 104 Å². The van der Waals surface area contributed by atoms with Crippen molar-refractivity contribution >= 4 is 17.6 Å². The second-order valence-electron chi connectivity index (χ2n) is 8.99. The smallest absolute Gasteiger partial charge is 0.340 e. The highest BCUT2D eigenvalue weighted by Crippen LogP contribution is 2.54. The Morgan fingerprint density at radius 1 is 1.08 bits per heavy atom. The Bertz CT molecular complexity index is 1520. The van der Waals surface area contributed by atoms with Crippen molar-refractivity contribution in [1.82, 2.24) is 4.57 Å². The van der Waals surface area contributed by atoms with E-state index in [0.717, 1.165) is 11.1 Å². The van der Waals surface area contributed by atoms with Crippen LogP contribution in [0.4, 0.5) is 5.69 Å². The first-order chi connectivity index (χ1) is 17.3. The average molecular weight is 486 g/mol. The first-order valence-corrected chi connectivity index (χ1v) is 11.7. The van der Waals surface area contributed by atoms with E-state index in [9.17, 15) is 14.4 Å². The number of ether oxygens (including phenoxy) is 2. The molecule has 8 heteroatoms. The number of carbonyl (C=O) groups is 2.